The number of nitrogens with one attached hydrogen (secondary N) is 2. The van der Waals surface area contributed by atoms with E-state index >= 15 is 0 Å². The van der Waals surface area contributed by atoms with Gasteiger partial charge in [-0.3, -0.25) is 14.6 Å². The minimum atomic E-state index is -0.135. The van der Waals surface area contributed by atoms with Gasteiger partial charge in [0.05, 0.1) is 9.88 Å². The zero-order chi connectivity index (χ0) is 14.7. The highest BCUT2D eigenvalue weighted by Crippen LogP contribution is 2.31. The van der Waals surface area contributed by atoms with Crippen molar-refractivity contribution in [3.63, 3.8) is 0 Å². The molecule has 0 saturated heterocycles. The van der Waals surface area contributed by atoms with Crippen molar-refractivity contribution in [3.8, 4) is 0 Å². The minimum absolute atomic E-state index is 0.0561. The molecule has 6 heteroatoms. The molecule has 2 amide bonds. The van der Waals surface area contributed by atoms with Crippen molar-refractivity contribution in [2.45, 2.75) is 19.4 Å². The first kappa shape index (κ1) is 13.8. The van der Waals surface area contributed by atoms with Crippen LogP contribution in [-0.2, 0) is 11.3 Å². The predicted molar refractivity (Wildman–Crippen MR) is 81.1 cm³/mol. The van der Waals surface area contributed by atoms with Crippen molar-refractivity contribution < 1.29 is 9.59 Å². The Kier molecular flexibility index (Phi) is 3.96. The summed E-state index contributed by atoms with van der Waals surface area (Å²) in [5.41, 5.74) is 0.997. The predicted octanol–water partition coefficient (Wildman–Crippen LogP) is 2.42. The summed E-state index contributed by atoms with van der Waals surface area (Å²) in [4.78, 5) is 28.2. The van der Waals surface area contributed by atoms with Gasteiger partial charge in [0.25, 0.3) is 5.91 Å². The van der Waals surface area contributed by atoms with Crippen LogP contribution in [0.2, 0.25) is 0 Å². The highest BCUT2D eigenvalue weighted by Gasteiger charge is 2.29. The number of pyridine rings is 1. The van der Waals surface area contributed by atoms with Crippen LogP contribution in [0.1, 0.15) is 28.1 Å². The maximum Gasteiger partial charge on any atom is 0.261 e. The fraction of sp³-hybridized carbons (Fsp3) is 0.267. The Morgan fingerprint density at radius 2 is 1.95 bits per heavy atom. The molecule has 1 aliphatic rings. The highest BCUT2D eigenvalue weighted by molar-refractivity contribution is 7.18. The standard InChI is InChI=1S/C15H15N3O2S/c19-14(11-1-2-11)18-13-4-3-12(21-13)15(20)17-9-10-5-7-16-8-6-10/h3-8,11H,1-2,9H2,(H,17,20)(H,18,19). The normalized spacial score (nSPS) is 13.7. The van der Waals surface area contributed by atoms with E-state index in [1.54, 1.807) is 24.5 Å². The molecule has 0 spiro atoms. The maximum absolute atomic E-state index is 12.0. The first-order valence-corrected chi connectivity index (χ1v) is 7.62. The van der Waals surface area contributed by atoms with E-state index in [-0.39, 0.29) is 17.7 Å². The molecule has 1 aliphatic carbocycles. The molecule has 1 fully saturated rings. The monoisotopic (exact) mass is 301 g/mol. The van der Waals surface area contributed by atoms with Crippen LogP contribution in [0.15, 0.2) is 36.7 Å². The molecule has 108 valence electrons. The molecule has 1 saturated carbocycles. The molecular weight excluding hydrogens is 286 g/mol. The number of aromatic nitrogens is 1. The summed E-state index contributed by atoms with van der Waals surface area (Å²) in [5, 5.41) is 6.42. The lowest BCUT2D eigenvalue weighted by Crippen LogP contribution is -2.21. The van der Waals surface area contributed by atoms with E-state index in [1.165, 1.54) is 11.3 Å². The largest absolute Gasteiger partial charge is 0.347 e. The molecule has 0 unspecified atom stereocenters. The lowest BCUT2D eigenvalue weighted by atomic mass is 10.2. The maximum atomic E-state index is 12.0. The summed E-state index contributed by atoms with van der Waals surface area (Å²) in [6.07, 6.45) is 5.32. The zero-order valence-electron chi connectivity index (χ0n) is 11.3. The fourth-order valence-electron chi connectivity index (χ4n) is 1.87. The molecule has 21 heavy (non-hydrogen) atoms. The fourth-order valence-corrected chi connectivity index (χ4v) is 2.69. The van der Waals surface area contributed by atoms with Gasteiger partial charge in [0.2, 0.25) is 5.91 Å². The van der Waals surface area contributed by atoms with E-state index in [1.807, 2.05) is 12.1 Å². The third kappa shape index (κ3) is 3.66. The molecule has 0 bridgehead atoms. The van der Waals surface area contributed by atoms with Crippen LogP contribution in [0.5, 0.6) is 0 Å². The number of carbonyl (C=O) groups excluding carboxylic acids is 2. The van der Waals surface area contributed by atoms with Crippen LogP contribution in [0.3, 0.4) is 0 Å². The summed E-state index contributed by atoms with van der Waals surface area (Å²) in [7, 11) is 0. The summed E-state index contributed by atoms with van der Waals surface area (Å²) in [6, 6.07) is 7.22. The molecule has 2 aromatic heterocycles. The van der Waals surface area contributed by atoms with Gasteiger partial charge in [0.1, 0.15) is 0 Å². The first-order chi connectivity index (χ1) is 10.2. The summed E-state index contributed by atoms with van der Waals surface area (Å²) in [6.45, 7) is 0.461. The molecule has 5 nitrogen and oxygen atoms in total. The number of anilines is 1. The topological polar surface area (TPSA) is 71.1 Å². The quantitative estimate of drug-likeness (QED) is 0.891. The van der Waals surface area contributed by atoms with Gasteiger partial charge in [0, 0.05) is 24.9 Å². The second-order valence-corrected chi connectivity index (χ2v) is 6.05. The van der Waals surface area contributed by atoms with Crippen LogP contribution in [0.4, 0.5) is 5.00 Å². The minimum Gasteiger partial charge on any atom is -0.347 e. The van der Waals surface area contributed by atoms with Crippen molar-refractivity contribution >= 4 is 28.2 Å². The van der Waals surface area contributed by atoms with Crippen LogP contribution >= 0.6 is 11.3 Å². The van der Waals surface area contributed by atoms with Crippen LogP contribution in [0, 0.1) is 5.92 Å². The van der Waals surface area contributed by atoms with Gasteiger partial charge in [0.15, 0.2) is 0 Å². The molecule has 0 atom stereocenters. The first-order valence-electron chi connectivity index (χ1n) is 6.80. The van der Waals surface area contributed by atoms with Gasteiger partial charge in [-0.15, -0.1) is 11.3 Å². The number of hydrogen-bond donors (Lipinski definition) is 2. The van der Waals surface area contributed by atoms with E-state index in [0.717, 1.165) is 23.4 Å². The van der Waals surface area contributed by atoms with Gasteiger partial charge in [-0.05, 0) is 42.7 Å². The molecule has 0 aliphatic heterocycles. The van der Waals surface area contributed by atoms with Crippen molar-refractivity contribution in [1.82, 2.24) is 10.3 Å². The third-order valence-electron chi connectivity index (χ3n) is 3.23. The van der Waals surface area contributed by atoms with Crippen LogP contribution < -0.4 is 10.6 Å². The third-order valence-corrected chi connectivity index (χ3v) is 4.23. The molecule has 0 aromatic carbocycles. The SMILES string of the molecule is O=C(NCc1ccncc1)c1ccc(NC(=O)C2CC2)s1. The van der Waals surface area contributed by atoms with Gasteiger partial charge in [-0.25, -0.2) is 0 Å². The number of rotatable bonds is 5. The van der Waals surface area contributed by atoms with Crippen LogP contribution in [0.25, 0.3) is 0 Å². The molecule has 2 aromatic rings. The number of amides is 2. The van der Waals surface area contributed by atoms with Gasteiger partial charge >= 0.3 is 0 Å². The number of thiophene rings is 1. The molecule has 0 radical (unpaired) electrons. The Morgan fingerprint density at radius 3 is 2.67 bits per heavy atom. The van der Waals surface area contributed by atoms with E-state index in [2.05, 4.69) is 15.6 Å². The second kappa shape index (κ2) is 6.05. The Bertz CT molecular complexity index is 650. The summed E-state index contributed by atoms with van der Waals surface area (Å²) >= 11 is 1.29. The van der Waals surface area contributed by atoms with Crippen molar-refractivity contribution in [2.24, 2.45) is 5.92 Å². The number of carbonyl (C=O) groups is 2. The molecule has 2 N–H and O–H groups in total. The number of hydrogen-bond acceptors (Lipinski definition) is 4. The molecular formula is C15H15N3O2S. The lowest BCUT2D eigenvalue weighted by Gasteiger charge is -2.03. The summed E-state index contributed by atoms with van der Waals surface area (Å²) in [5.74, 6) is 0.0837. The van der Waals surface area contributed by atoms with Gasteiger partial charge in [-0.2, -0.15) is 0 Å². The van der Waals surface area contributed by atoms with E-state index in [9.17, 15) is 9.59 Å². The van der Waals surface area contributed by atoms with Gasteiger partial charge in [-0.1, -0.05) is 0 Å². The Morgan fingerprint density at radius 1 is 1.19 bits per heavy atom. The second-order valence-electron chi connectivity index (χ2n) is 4.97. The Balaban J connectivity index is 1.55. The van der Waals surface area contributed by atoms with Crippen molar-refractivity contribution in [3.05, 3.63) is 47.1 Å². The van der Waals surface area contributed by atoms with Crippen LogP contribution in [-0.4, -0.2) is 16.8 Å². The van der Waals surface area contributed by atoms with E-state index in [4.69, 9.17) is 0 Å². The highest BCUT2D eigenvalue weighted by atomic mass is 32.1. The van der Waals surface area contributed by atoms with Crippen molar-refractivity contribution in [2.75, 3.05) is 5.32 Å². The Labute approximate surface area is 126 Å². The van der Waals surface area contributed by atoms with Gasteiger partial charge < -0.3 is 10.6 Å². The number of nitrogens with zero attached hydrogens (tertiary/aromatic N) is 1. The Hall–Kier alpha value is -2.21. The summed E-state index contributed by atoms with van der Waals surface area (Å²) < 4.78 is 0. The zero-order valence-corrected chi connectivity index (χ0v) is 12.2. The molecule has 3 rings (SSSR count). The van der Waals surface area contributed by atoms with E-state index in [0.29, 0.717) is 11.4 Å². The lowest BCUT2D eigenvalue weighted by molar-refractivity contribution is -0.117. The average molecular weight is 301 g/mol. The van der Waals surface area contributed by atoms with Crippen molar-refractivity contribution in [1.29, 1.82) is 0 Å². The van der Waals surface area contributed by atoms with E-state index < -0.39 is 0 Å². The molecule has 2 heterocycles. The average Bonchev–Trinajstić information content (AvgIpc) is 3.26. The smallest absolute Gasteiger partial charge is 0.261 e.